The van der Waals surface area contributed by atoms with E-state index in [2.05, 4.69) is 144 Å². The van der Waals surface area contributed by atoms with Gasteiger partial charge in [0.15, 0.2) is 0 Å². The molecule has 1 aliphatic heterocycles. The summed E-state index contributed by atoms with van der Waals surface area (Å²) in [4.78, 5) is 23.4. The largest absolute Gasteiger partial charge is 0.278 e. The van der Waals surface area contributed by atoms with Crippen LogP contribution in [0.4, 0.5) is 17.3 Å². The topological polar surface area (TPSA) is 54.8 Å². The minimum absolute atomic E-state index is 0.625. The van der Waals surface area contributed by atoms with Crippen molar-refractivity contribution in [2.24, 2.45) is 0 Å². The van der Waals surface area contributed by atoms with Crippen LogP contribution in [0, 0.1) is 0 Å². The molecule has 9 aromatic rings. The van der Waals surface area contributed by atoms with E-state index in [0.29, 0.717) is 5.95 Å². The highest BCUT2D eigenvalue weighted by Gasteiger charge is 2.53. The highest BCUT2D eigenvalue weighted by Crippen LogP contribution is 2.63. The molecule has 0 amide bonds. The molecule has 0 saturated heterocycles. The normalized spacial score (nSPS) is 13.7. The van der Waals surface area contributed by atoms with Crippen LogP contribution in [0.1, 0.15) is 22.5 Å². The fraction of sp³-hybridized carbons (Fsp3) is 0.0204. The third-order valence-corrected chi connectivity index (χ3v) is 11.5. The molecule has 3 aliphatic rings. The standard InChI is InChI=1S/C49H29N5/c1-3-13-30(14-4-1)40-29-41(31-15-5-2-6-16-31)53-48(52-40)54-42-22-10-8-18-33(42)35-24-23-34-32-17-7-9-21-38(32)49(39-25-26-43(54)45(35)44(34)39)46-36(19-11-27-50-46)37-20-12-28-51-47(37)49/h1-29H. The Labute approximate surface area is 311 Å². The van der Waals surface area contributed by atoms with Gasteiger partial charge in [0, 0.05) is 45.6 Å². The number of pyridine rings is 2. The second-order valence-electron chi connectivity index (χ2n) is 14.2. The quantitative estimate of drug-likeness (QED) is 0.185. The van der Waals surface area contributed by atoms with Crippen LogP contribution in [-0.4, -0.2) is 19.9 Å². The van der Waals surface area contributed by atoms with Crippen LogP contribution < -0.4 is 4.90 Å². The molecule has 3 aromatic heterocycles. The van der Waals surface area contributed by atoms with E-state index in [1.165, 1.54) is 38.6 Å². The molecule has 12 rings (SSSR count). The van der Waals surface area contributed by atoms with E-state index in [4.69, 9.17) is 19.9 Å². The van der Waals surface area contributed by atoms with E-state index < -0.39 is 5.41 Å². The molecule has 0 saturated carbocycles. The van der Waals surface area contributed by atoms with Gasteiger partial charge < -0.3 is 0 Å². The summed E-state index contributed by atoms with van der Waals surface area (Å²) < 4.78 is 0. The van der Waals surface area contributed by atoms with Gasteiger partial charge >= 0.3 is 0 Å². The van der Waals surface area contributed by atoms with E-state index in [0.717, 1.165) is 62.0 Å². The summed E-state index contributed by atoms with van der Waals surface area (Å²) in [6, 6.07) is 58.0. The Hall–Kier alpha value is -7.24. The lowest BCUT2D eigenvalue weighted by atomic mass is 9.63. The molecule has 0 atom stereocenters. The number of rotatable bonds is 3. The molecule has 6 aromatic carbocycles. The number of para-hydroxylation sites is 1. The van der Waals surface area contributed by atoms with Gasteiger partial charge in [-0.15, -0.1) is 0 Å². The maximum absolute atomic E-state index is 5.35. The third-order valence-electron chi connectivity index (χ3n) is 11.5. The van der Waals surface area contributed by atoms with Crippen molar-refractivity contribution in [1.29, 1.82) is 0 Å². The Kier molecular flexibility index (Phi) is 5.92. The first-order valence-electron chi connectivity index (χ1n) is 18.3. The van der Waals surface area contributed by atoms with Gasteiger partial charge in [-0.2, -0.15) is 0 Å². The van der Waals surface area contributed by atoms with Crippen molar-refractivity contribution in [3.8, 4) is 55.9 Å². The zero-order valence-electron chi connectivity index (χ0n) is 29.0. The molecule has 250 valence electrons. The number of anilines is 3. The van der Waals surface area contributed by atoms with E-state index in [9.17, 15) is 0 Å². The Morgan fingerprint density at radius 1 is 0.389 bits per heavy atom. The minimum atomic E-state index is -0.695. The van der Waals surface area contributed by atoms with Gasteiger partial charge in [0.2, 0.25) is 5.95 Å². The number of benzene rings is 6. The van der Waals surface area contributed by atoms with Crippen LogP contribution in [0.15, 0.2) is 176 Å². The van der Waals surface area contributed by atoms with E-state index in [1.807, 2.05) is 36.7 Å². The fourth-order valence-corrected chi connectivity index (χ4v) is 9.37. The van der Waals surface area contributed by atoms with Gasteiger partial charge in [-0.25, -0.2) is 9.97 Å². The van der Waals surface area contributed by atoms with Crippen molar-refractivity contribution < 1.29 is 0 Å². The van der Waals surface area contributed by atoms with Crippen LogP contribution in [0.5, 0.6) is 0 Å². The molecule has 0 N–H and O–H groups in total. The number of hydrogen-bond acceptors (Lipinski definition) is 5. The number of aromatic nitrogens is 4. The highest BCUT2D eigenvalue weighted by atomic mass is 15.3. The van der Waals surface area contributed by atoms with Crippen LogP contribution in [0.3, 0.4) is 0 Å². The summed E-state index contributed by atoms with van der Waals surface area (Å²) in [5, 5.41) is 2.38. The van der Waals surface area contributed by atoms with Crippen LogP contribution >= 0.6 is 0 Å². The molecule has 2 aliphatic carbocycles. The lowest BCUT2D eigenvalue weighted by Crippen LogP contribution is -2.34. The second-order valence-corrected chi connectivity index (χ2v) is 14.2. The second kappa shape index (κ2) is 10.9. The van der Waals surface area contributed by atoms with Gasteiger partial charge in [0.05, 0.1) is 34.2 Å². The van der Waals surface area contributed by atoms with Gasteiger partial charge in [-0.1, -0.05) is 133 Å². The predicted molar refractivity (Wildman–Crippen MR) is 216 cm³/mol. The molecule has 0 radical (unpaired) electrons. The van der Waals surface area contributed by atoms with Gasteiger partial charge in [-0.05, 0) is 63.5 Å². The molecule has 54 heavy (non-hydrogen) atoms. The maximum atomic E-state index is 5.35. The Morgan fingerprint density at radius 3 is 1.61 bits per heavy atom. The third kappa shape index (κ3) is 3.77. The van der Waals surface area contributed by atoms with Gasteiger partial charge in [0.25, 0.3) is 0 Å². The van der Waals surface area contributed by atoms with Gasteiger partial charge in [-0.3, -0.25) is 14.9 Å². The predicted octanol–water partition coefficient (Wildman–Crippen LogP) is 11.5. The molecule has 0 unspecified atom stereocenters. The summed E-state index contributed by atoms with van der Waals surface area (Å²) in [5.41, 5.74) is 16.7. The van der Waals surface area contributed by atoms with Crippen molar-refractivity contribution in [3.05, 3.63) is 199 Å². The summed E-state index contributed by atoms with van der Waals surface area (Å²) in [6.45, 7) is 0. The SMILES string of the molecule is c1ccc(-c2cc(-c3ccccc3)nc(N3c4ccccc4-c4ccc5c6c(ccc3c46)C3(c4ccccc4-5)c4ncccc4-c4cccnc43)n2)cc1. The monoisotopic (exact) mass is 687 g/mol. The van der Waals surface area contributed by atoms with Crippen molar-refractivity contribution in [1.82, 2.24) is 19.9 Å². The van der Waals surface area contributed by atoms with E-state index in [-0.39, 0.29) is 0 Å². The summed E-state index contributed by atoms with van der Waals surface area (Å²) >= 11 is 0. The maximum Gasteiger partial charge on any atom is 0.235 e. The summed E-state index contributed by atoms with van der Waals surface area (Å²) in [7, 11) is 0. The number of nitrogens with zero attached hydrogens (tertiary/aromatic N) is 5. The van der Waals surface area contributed by atoms with Crippen LogP contribution in [0.2, 0.25) is 0 Å². The lowest BCUT2D eigenvalue weighted by molar-refractivity contribution is 0.716. The van der Waals surface area contributed by atoms with Gasteiger partial charge in [0.1, 0.15) is 5.41 Å². The summed E-state index contributed by atoms with van der Waals surface area (Å²) in [6.07, 6.45) is 3.85. The van der Waals surface area contributed by atoms with Crippen molar-refractivity contribution in [3.63, 3.8) is 0 Å². The molecule has 0 bridgehead atoms. The molecule has 5 heteroatoms. The van der Waals surface area contributed by atoms with E-state index >= 15 is 0 Å². The molecular weight excluding hydrogens is 659 g/mol. The Morgan fingerprint density at radius 2 is 0.944 bits per heavy atom. The van der Waals surface area contributed by atoms with Crippen LogP contribution in [0.25, 0.3) is 66.7 Å². The van der Waals surface area contributed by atoms with Crippen molar-refractivity contribution >= 4 is 28.1 Å². The Balaban J connectivity index is 1.21. The molecule has 1 spiro atoms. The fourth-order valence-electron chi connectivity index (χ4n) is 9.37. The van der Waals surface area contributed by atoms with Crippen molar-refractivity contribution in [2.45, 2.75) is 5.41 Å². The zero-order chi connectivity index (χ0) is 35.4. The first-order chi connectivity index (χ1) is 26.8. The first-order valence-corrected chi connectivity index (χ1v) is 18.3. The minimum Gasteiger partial charge on any atom is -0.278 e. The lowest BCUT2D eigenvalue weighted by Gasteiger charge is -2.40. The number of fused-ring (bicyclic) bond motifs is 11. The smallest absolute Gasteiger partial charge is 0.235 e. The molecule has 5 nitrogen and oxygen atoms in total. The van der Waals surface area contributed by atoms with Crippen LogP contribution in [-0.2, 0) is 5.41 Å². The zero-order valence-corrected chi connectivity index (χ0v) is 29.0. The van der Waals surface area contributed by atoms with E-state index in [1.54, 1.807) is 0 Å². The number of hydrogen-bond donors (Lipinski definition) is 0. The average Bonchev–Trinajstić information content (AvgIpc) is 3.54. The molecule has 0 fully saturated rings. The summed E-state index contributed by atoms with van der Waals surface area (Å²) in [5.74, 6) is 0.625. The highest BCUT2D eigenvalue weighted by molar-refractivity contribution is 6.20. The van der Waals surface area contributed by atoms with Crippen molar-refractivity contribution in [2.75, 3.05) is 4.90 Å². The molecular formula is C49H29N5. The molecule has 4 heterocycles. The average molecular weight is 688 g/mol. The first kappa shape index (κ1) is 29.3. The Bertz CT molecular complexity index is 2910.